The van der Waals surface area contributed by atoms with Gasteiger partial charge in [0.15, 0.2) is 0 Å². The van der Waals surface area contributed by atoms with E-state index in [-0.39, 0.29) is 18.2 Å². The van der Waals surface area contributed by atoms with E-state index >= 15 is 0 Å². The molecular weight excluding hydrogens is 394 g/mol. The highest BCUT2D eigenvalue weighted by Crippen LogP contribution is 2.52. The molecule has 7 rings (SSSR count). The van der Waals surface area contributed by atoms with E-state index in [0.29, 0.717) is 5.92 Å². The number of fused-ring (bicyclic) bond motifs is 1. The molecular formula is C24H29N3O2S. The van der Waals surface area contributed by atoms with Crippen molar-refractivity contribution in [3.05, 3.63) is 34.9 Å². The molecule has 5 nitrogen and oxygen atoms in total. The average molecular weight is 424 g/mol. The Kier molecular flexibility index (Phi) is 4.78. The lowest BCUT2D eigenvalue weighted by Crippen LogP contribution is -2.37. The maximum atomic E-state index is 13.2. The number of carbonyl (C=O) groups is 1. The SMILES string of the molecule is O=C(OC1CC2CC3CC(C2)CC1C3)N1CCCC1c1nc(-c2ccncc2)cs1. The summed E-state index contributed by atoms with van der Waals surface area (Å²) in [5.41, 5.74) is 2.04. The molecule has 2 aromatic rings. The number of likely N-dealkylation sites (tertiary alicyclic amines) is 1. The monoisotopic (exact) mass is 423 g/mol. The molecule has 0 spiro atoms. The first kappa shape index (κ1) is 18.8. The van der Waals surface area contributed by atoms with Crippen molar-refractivity contribution in [2.75, 3.05) is 6.54 Å². The maximum Gasteiger partial charge on any atom is 0.410 e. The van der Waals surface area contributed by atoms with Crippen molar-refractivity contribution >= 4 is 17.4 Å². The first-order valence-corrected chi connectivity index (χ1v) is 12.4. The van der Waals surface area contributed by atoms with Crippen LogP contribution in [0.4, 0.5) is 4.79 Å². The standard InChI is InChI=1S/C24H29N3O2S/c28-24(29-22-13-17-9-15-8-16(10-17)12-19(22)11-15)27-7-1-2-21(27)23-26-20(14-30-23)18-3-5-25-6-4-18/h3-6,14-17,19,21-22H,1-2,7-13H2. The zero-order valence-corrected chi connectivity index (χ0v) is 18.1. The molecule has 0 N–H and O–H groups in total. The van der Waals surface area contributed by atoms with E-state index in [9.17, 15) is 4.79 Å². The van der Waals surface area contributed by atoms with Gasteiger partial charge in [-0.25, -0.2) is 9.78 Å². The molecule has 30 heavy (non-hydrogen) atoms. The van der Waals surface area contributed by atoms with Gasteiger partial charge in [0.1, 0.15) is 11.1 Å². The van der Waals surface area contributed by atoms with Crippen molar-refractivity contribution in [1.29, 1.82) is 0 Å². The fourth-order valence-corrected chi connectivity index (χ4v) is 7.71. The average Bonchev–Trinajstić information content (AvgIpc) is 3.39. The van der Waals surface area contributed by atoms with Crippen LogP contribution in [-0.2, 0) is 4.74 Å². The molecule has 5 fully saturated rings. The summed E-state index contributed by atoms with van der Waals surface area (Å²) in [4.78, 5) is 24.1. The van der Waals surface area contributed by atoms with Crippen LogP contribution < -0.4 is 0 Å². The molecule has 5 aliphatic rings. The lowest BCUT2D eigenvalue weighted by atomic mass is 9.68. The Balaban J connectivity index is 1.17. The van der Waals surface area contributed by atoms with Crippen molar-refractivity contribution in [1.82, 2.24) is 14.9 Å². The number of hydrogen-bond donors (Lipinski definition) is 0. The van der Waals surface area contributed by atoms with Crippen molar-refractivity contribution in [2.24, 2.45) is 23.7 Å². The minimum atomic E-state index is -0.107. The van der Waals surface area contributed by atoms with Crippen molar-refractivity contribution in [3.8, 4) is 11.3 Å². The van der Waals surface area contributed by atoms with Gasteiger partial charge in [0.2, 0.25) is 0 Å². The normalized spacial score (nSPS) is 34.9. The summed E-state index contributed by atoms with van der Waals surface area (Å²) in [6.07, 6.45) is 13.4. The molecule has 0 aromatic carbocycles. The number of ether oxygens (including phenoxy) is 1. The van der Waals surface area contributed by atoms with Crippen molar-refractivity contribution in [3.63, 3.8) is 0 Å². The first-order chi connectivity index (χ1) is 14.7. The second-order valence-corrected chi connectivity index (χ2v) is 10.7. The second kappa shape index (κ2) is 7.63. The smallest absolute Gasteiger partial charge is 0.410 e. The molecule has 6 heteroatoms. The molecule has 2 aromatic heterocycles. The van der Waals surface area contributed by atoms with E-state index in [2.05, 4.69) is 10.4 Å². The predicted molar refractivity (Wildman–Crippen MR) is 116 cm³/mol. The molecule has 158 valence electrons. The number of amides is 1. The summed E-state index contributed by atoms with van der Waals surface area (Å²) in [7, 11) is 0. The molecule has 4 unspecified atom stereocenters. The highest BCUT2D eigenvalue weighted by atomic mass is 32.1. The Morgan fingerprint density at radius 1 is 1.03 bits per heavy atom. The van der Waals surface area contributed by atoms with Gasteiger partial charge in [0.25, 0.3) is 0 Å². The summed E-state index contributed by atoms with van der Waals surface area (Å²) in [6, 6.07) is 4.01. The quantitative estimate of drug-likeness (QED) is 0.636. The van der Waals surface area contributed by atoms with Crippen LogP contribution in [0.2, 0.25) is 0 Å². The summed E-state index contributed by atoms with van der Waals surface area (Å²) in [5, 5.41) is 3.12. The van der Waals surface area contributed by atoms with Gasteiger partial charge in [-0.05, 0) is 87.2 Å². The Labute approximate surface area is 181 Å². The molecule has 4 atom stereocenters. The molecule has 4 aliphatic carbocycles. The fourth-order valence-electron chi connectivity index (χ4n) is 6.74. The van der Waals surface area contributed by atoms with Gasteiger partial charge in [-0.15, -0.1) is 11.3 Å². The minimum absolute atomic E-state index is 0.0524. The molecule has 4 saturated carbocycles. The van der Waals surface area contributed by atoms with Crippen LogP contribution in [0.25, 0.3) is 11.3 Å². The van der Waals surface area contributed by atoms with Crippen LogP contribution in [0.3, 0.4) is 0 Å². The molecule has 4 bridgehead atoms. The number of aromatic nitrogens is 2. The summed E-state index contributed by atoms with van der Waals surface area (Å²) < 4.78 is 6.24. The van der Waals surface area contributed by atoms with Crippen LogP contribution in [-0.4, -0.2) is 33.6 Å². The Hall–Kier alpha value is -1.95. The van der Waals surface area contributed by atoms with E-state index in [1.807, 2.05) is 17.0 Å². The number of pyridine rings is 1. The van der Waals surface area contributed by atoms with Gasteiger partial charge in [-0.3, -0.25) is 9.88 Å². The molecule has 1 aliphatic heterocycles. The van der Waals surface area contributed by atoms with E-state index in [4.69, 9.17) is 9.72 Å². The van der Waals surface area contributed by atoms with Gasteiger partial charge >= 0.3 is 6.09 Å². The largest absolute Gasteiger partial charge is 0.446 e. The number of rotatable bonds is 3. The zero-order valence-electron chi connectivity index (χ0n) is 17.3. The van der Waals surface area contributed by atoms with E-state index in [1.54, 1.807) is 23.7 Å². The lowest BCUT2D eigenvalue weighted by molar-refractivity contribution is 0.0172. The highest BCUT2D eigenvalue weighted by molar-refractivity contribution is 7.10. The summed E-state index contributed by atoms with van der Waals surface area (Å²) in [5.74, 6) is 3.13. The van der Waals surface area contributed by atoms with Crippen LogP contribution in [0, 0.1) is 23.7 Å². The van der Waals surface area contributed by atoms with Crippen molar-refractivity contribution < 1.29 is 9.53 Å². The predicted octanol–water partition coefficient (Wildman–Crippen LogP) is 5.69. The molecule has 0 radical (unpaired) electrons. The third-order valence-corrected chi connectivity index (χ3v) is 8.83. The third-order valence-electron chi connectivity index (χ3n) is 7.89. The third kappa shape index (κ3) is 3.43. The molecule has 1 saturated heterocycles. The summed E-state index contributed by atoms with van der Waals surface area (Å²) in [6.45, 7) is 0.778. The van der Waals surface area contributed by atoms with E-state index in [0.717, 1.165) is 59.8 Å². The first-order valence-electron chi connectivity index (χ1n) is 11.6. The molecule has 3 heterocycles. The topological polar surface area (TPSA) is 55.3 Å². The fraction of sp³-hybridized carbons (Fsp3) is 0.625. The van der Waals surface area contributed by atoms with Crippen LogP contribution in [0.5, 0.6) is 0 Å². The molecule has 1 amide bonds. The second-order valence-electron chi connectivity index (χ2n) is 9.85. The van der Waals surface area contributed by atoms with Gasteiger partial charge in [0.05, 0.1) is 11.7 Å². The van der Waals surface area contributed by atoms with Gasteiger partial charge in [-0.2, -0.15) is 0 Å². The van der Waals surface area contributed by atoms with Crippen molar-refractivity contribution in [2.45, 2.75) is 63.5 Å². The van der Waals surface area contributed by atoms with Crippen LogP contribution in [0.15, 0.2) is 29.9 Å². The Morgan fingerprint density at radius 2 is 1.77 bits per heavy atom. The van der Waals surface area contributed by atoms with Crippen LogP contribution >= 0.6 is 11.3 Å². The number of carbonyl (C=O) groups excluding carboxylic acids is 1. The van der Waals surface area contributed by atoms with E-state index < -0.39 is 0 Å². The maximum absolute atomic E-state index is 13.2. The van der Waals surface area contributed by atoms with Gasteiger partial charge in [0, 0.05) is 29.9 Å². The number of thiazole rings is 1. The summed E-state index contributed by atoms with van der Waals surface area (Å²) >= 11 is 1.65. The number of nitrogens with zero attached hydrogens (tertiary/aromatic N) is 3. The van der Waals surface area contributed by atoms with E-state index in [1.165, 1.54) is 32.1 Å². The lowest BCUT2D eigenvalue weighted by Gasteiger charge is -2.38. The van der Waals surface area contributed by atoms with Gasteiger partial charge in [-0.1, -0.05) is 0 Å². The number of hydrogen-bond acceptors (Lipinski definition) is 5. The Morgan fingerprint density at radius 3 is 2.53 bits per heavy atom. The zero-order chi connectivity index (χ0) is 20.1. The highest BCUT2D eigenvalue weighted by Gasteiger charge is 2.46. The minimum Gasteiger partial charge on any atom is -0.446 e. The van der Waals surface area contributed by atoms with Crippen LogP contribution in [0.1, 0.15) is 62.4 Å². The van der Waals surface area contributed by atoms with Gasteiger partial charge < -0.3 is 4.74 Å². The Bertz CT molecular complexity index is 902.